The van der Waals surface area contributed by atoms with Gasteiger partial charge in [-0.2, -0.15) is 0 Å². The predicted octanol–water partition coefficient (Wildman–Crippen LogP) is 4.45. The second-order valence-electron chi connectivity index (χ2n) is 4.25. The van der Waals surface area contributed by atoms with Gasteiger partial charge in [0.05, 0.1) is 18.2 Å². The second-order valence-corrected chi connectivity index (χ2v) is 5.04. The highest BCUT2D eigenvalue weighted by Crippen LogP contribution is 2.34. The number of rotatable bonds is 4. The number of hydrogen-bond acceptors (Lipinski definition) is 2. The molecular weight excluding hydrogens is 300 g/mol. The molecule has 2 nitrogen and oxygen atoms in total. The van der Waals surface area contributed by atoms with E-state index in [1.807, 2.05) is 6.07 Å². The summed E-state index contributed by atoms with van der Waals surface area (Å²) in [6, 6.07) is 9.78. The lowest BCUT2D eigenvalue weighted by Gasteiger charge is -2.20. The van der Waals surface area contributed by atoms with Gasteiger partial charge in [0.2, 0.25) is 0 Å². The molecule has 5 heteroatoms. The zero-order chi connectivity index (χ0) is 14.7. The Labute approximate surface area is 127 Å². The molecule has 1 unspecified atom stereocenters. The molecule has 0 radical (unpaired) electrons. The van der Waals surface area contributed by atoms with Crippen molar-refractivity contribution < 1.29 is 9.13 Å². The summed E-state index contributed by atoms with van der Waals surface area (Å²) in [5.74, 6) is 0.216. The largest absolute Gasteiger partial charge is 0.497 e. The molecule has 0 heterocycles. The Morgan fingerprint density at radius 1 is 1.15 bits per heavy atom. The molecule has 1 atom stereocenters. The molecular formula is C15H14Cl2FNO. The van der Waals surface area contributed by atoms with Crippen LogP contribution in [0.15, 0.2) is 36.4 Å². The normalized spacial score (nSPS) is 12.2. The first-order valence-corrected chi connectivity index (χ1v) is 6.78. The van der Waals surface area contributed by atoms with Crippen molar-refractivity contribution in [2.75, 3.05) is 14.2 Å². The molecule has 0 saturated heterocycles. The maximum atomic E-state index is 13.6. The summed E-state index contributed by atoms with van der Waals surface area (Å²) in [7, 11) is 3.34. The predicted molar refractivity (Wildman–Crippen MR) is 80.3 cm³/mol. The van der Waals surface area contributed by atoms with E-state index in [4.69, 9.17) is 27.9 Å². The Bertz CT molecular complexity index is 619. The van der Waals surface area contributed by atoms with Gasteiger partial charge in [0.15, 0.2) is 0 Å². The van der Waals surface area contributed by atoms with Gasteiger partial charge >= 0.3 is 0 Å². The average Bonchev–Trinajstić information content (AvgIpc) is 2.45. The molecule has 0 spiro atoms. The van der Waals surface area contributed by atoms with E-state index in [9.17, 15) is 4.39 Å². The van der Waals surface area contributed by atoms with Crippen molar-refractivity contribution in [3.8, 4) is 5.75 Å². The van der Waals surface area contributed by atoms with Gasteiger partial charge in [-0.15, -0.1) is 0 Å². The summed E-state index contributed by atoms with van der Waals surface area (Å²) in [4.78, 5) is 0. The summed E-state index contributed by atoms with van der Waals surface area (Å²) >= 11 is 12.3. The highest BCUT2D eigenvalue weighted by atomic mass is 35.5. The summed E-state index contributed by atoms with van der Waals surface area (Å²) < 4.78 is 18.7. The minimum atomic E-state index is -0.450. The Kier molecular flexibility index (Phi) is 4.86. The molecule has 0 aliphatic rings. The van der Waals surface area contributed by atoms with Crippen LogP contribution in [-0.4, -0.2) is 14.2 Å². The number of hydrogen-bond donors (Lipinski definition) is 1. The highest BCUT2D eigenvalue weighted by Gasteiger charge is 2.19. The molecule has 1 N–H and O–H groups in total. The minimum absolute atomic E-state index is 0.0961. The maximum absolute atomic E-state index is 13.6. The molecule has 0 amide bonds. The minimum Gasteiger partial charge on any atom is -0.497 e. The Morgan fingerprint density at radius 3 is 2.50 bits per heavy atom. The number of ether oxygens (including phenoxy) is 1. The molecule has 2 aromatic carbocycles. The van der Waals surface area contributed by atoms with Gasteiger partial charge in [-0.05, 0) is 36.4 Å². The SMILES string of the molecule is CNC(c1ccc(OC)cc1Cl)c1cccc(F)c1Cl. The average molecular weight is 314 g/mol. The molecule has 0 saturated carbocycles. The molecule has 106 valence electrons. The summed E-state index contributed by atoms with van der Waals surface area (Å²) in [6.07, 6.45) is 0. The van der Waals surface area contributed by atoms with Crippen molar-refractivity contribution >= 4 is 23.2 Å². The molecule has 2 rings (SSSR count). The number of nitrogens with one attached hydrogen (secondary N) is 1. The van der Waals surface area contributed by atoms with Crippen molar-refractivity contribution in [2.24, 2.45) is 0 Å². The third kappa shape index (κ3) is 2.90. The quantitative estimate of drug-likeness (QED) is 0.900. The van der Waals surface area contributed by atoms with Crippen LogP contribution in [0.4, 0.5) is 4.39 Å². The van der Waals surface area contributed by atoms with E-state index in [1.165, 1.54) is 6.07 Å². The topological polar surface area (TPSA) is 21.3 Å². The van der Waals surface area contributed by atoms with Crippen LogP contribution in [0.1, 0.15) is 17.2 Å². The van der Waals surface area contributed by atoms with Crippen molar-refractivity contribution in [1.29, 1.82) is 0 Å². The van der Waals surface area contributed by atoms with Crippen LogP contribution in [0, 0.1) is 5.82 Å². The van der Waals surface area contributed by atoms with Crippen LogP contribution in [0.5, 0.6) is 5.75 Å². The van der Waals surface area contributed by atoms with Crippen molar-refractivity contribution in [3.05, 3.63) is 63.4 Å². The van der Waals surface area contributed by atoms with Crippen molar-refractivity contribution in [1.82, 2.24) is 5.32 Å². The lowest BCUT2D eigenvalue weighted by Crippen LogP contribution is -2.18. The first kappa shape index (κ1) is 15.1. The first-order chi connectivity index (χ1) is 9.58. The lowest BCUT2D eigenvalue weighted by molar-refractivity contribution is 0.414. The highest BCUT2D eigenvalue weighted by molar-refractivity contribution is 6.32. The van der Waals surface area contributed by atoms with Gasteiger partial charge in [0.1, 0.15) is 11.6 Å². The van der Waals surface area contributed by atoms with Crippen molar-refractivity contribution in [3.63, 3.8) is 0 Å². The Balaban J connectivity index is 2.50. The first-order valence-electron chi connectivity index (χ1n) is 6.03. The third-order valence-electron chi connectivity index (χ3n) is 3.10. The molecule has 0 bridgehead atoms. The summed E-state index contributed by atoms with van der Waals surface area (Å²) in [5.41, 5.74) is 1.45. The van der Waals surface area contributed by atoms with Crippen LogP contribution >= 0.6 is 23.2 Å². The lowest BCUT2D eigenvalue weighted by atomic mass is 9.98. The van der Waals surface area contributed by atoms with E-state index >= 15 is 0 Å². The zero-order valence-corrected chi connectivity index (χ0v) is 12.6. The number of benzene rings is 2. The molecule has 0 aromatic heterocycles. The summed E-state index contributed by atoms with van der Waals surface area (Å²) in [5, 5.41) is 3.73. The Hall–Kier alpha value is -1.29. The van der Waals surface area contributed by atoms with Gasteiger partial charge < -0.3 is 10.1 Å². The van der Waals surface area contributed by atoms with Gasteiger partial charge in [0, 0.05) is 5.02 Å². The van der Waals surface area contributed by atoms with Gasteiger partial charge in [0.25, 0.3) is 0 Å². The van der Waals surface area contributed by atoms with Crippen LogP contribution in [-0.2, 0) is 0 Å². The molecule has 0 fully saturated rings. The smallest absolute Gasteiger partial charge is 0.142 e. The number of methoxy groups -OCH3 is 1. The fourth-order valence-corrected chi connectivity index (χ4v) is 2.61. The van der Waals surface area contributed by atoms with E-state index in [-0.39, 0.29) is 11.1 Å². The maximum Gasteiger partial charge on any atom is 0.142 e. The third-order valence-corrected chi connectivity index (χ3v) is 3.83. The van der Waals surface area contributed by atoms with E-state index in [1.54, 1.807) is 38.4 Å². The molecule has 20 heavy (non-hydrogen) atoms. The summed E-state index contributed by atoms with van der Waals surface area (Å²) in [6.45, 7) is 0. The molecule has 0 aliphatic carbocycles. The van der Waals surface area contributed by atoms with E-state index in [2.05, 4.69) is 5.32 Å². The monoisotopic (exact) mass is 313 g/mol. The van der Waals surface area contributed by atoms with Gasteiger partial charge in [-0.25, -0.2) is 4.39 Å². The fourth-order valence-electron chi connectivity index (χ4n) is 2.09. The second kappa shape index (κ2) is 6.44. The van der Waals surface area contributed by atoms with Crippen LogP contribution in [0.25, 0.3) is 0 Å². The van der Waals surface area contributed by atoms with Crippen LogP contribution in [0.3, 0.4) is 0 Å². The number of halogens is 3. The van der Waals surface area contributed by atoms with E-state index in [0.717, 1.165) is 5.56 Å². The molecule has 2 aromatic rings. The van der Waals surface area contributed by atoms with Gasteiger partial charge in [-0.1, -0.05) is 41.4 Å². The fraction of sp³-hybridized carbons (Fsp3) is 0.200. The molecule has 0 aliphatic heterocycles. The van der Waals surface area contributed by atoms with Gasteiger partial charge in [-0.3, -0.25) is 0 Å². The van der Waals surface area contributed by atoms with Crippen LogP contribution in [0.2, 0.25) is 10.0 Å². The Morgan fingerprint density at radius 2 is 1.90 bits per heavy atom. The van der Waals surface area contributed by atoms with Crippen LogP contribution < -0.4 is 10.1 Å². The standard InChI is InChI=1S/C15H14Cl2FNO/c1-19-15(11-4-3-5-13(18)14(11)17)10-7-6-9(20-2)8-12(10)16/h3-8,15,19H,1-2H3. The van der Waals surface area contributed by atoms with E-state index < -0.39 is 5.82 Å². The zero-order valence-electron chi connectivity index (χ0n) is 11.1. The van der Waals surface area contributed by atoms with Crippen molar-refractivity contribution in [2.45, 2.75) is 6.04 Å². The van der Waals surface area contributed by atoms with E-state index in [0.29, 0.717) is 16.3 Å².